The van der Waals surface area contributed by atoms with Gasteiger partial charge in [-0.25, -0.2) is 13.2 Å². The minimum atomic E-state index is -3.36. The molecule has 2 aromatic rings. The van der Waals surface area contributed by atoms with Gasteiger partial charge in [-0.1, -0.05) is 18.2 Å². The van der Waals surface area contributed by atoms with Gasteiger partial charge in [-0.15, -0.1) is 0 Å². The standard InChI is InChI=1S/C15H15NO5S/c1-21-14-9-11(6-7-13(14)15(17)18)10-4-3-5-12(8-10)16-22(2,19)20/h3-9,16H,1-2H3,(H,17,18). The van der Waals surface area contributed by atoms with Crippen molar-refractivity contribution in [3.8, 4) is 16.9 Å². The molecule has 0 atom stereocenters. The van der Waals surface area contributed by atoms with Gasteiger partial charge < -0.3 is 9.84 Å². The van der Waals surface area contributed by atoms with Gasteiger partial charge in [0.1, 0.15) is 11.3 Å². The largest absolute Gasteiger partial charge is 0.496 e. The van der Waals surface area contributed by atoms with Crippen LogP contribution in [-0.4, -0.2) is 32.9 Å². The summed E-state index contributed by atoms with van der Waals surface area (Å²) in [5.74, 6) is -0.831. The van der Waals surface area contributed by atoms with Crippen LogP contribution in [0.25, 0.3) is 11.1 Å². The molecule has 0 aliphatic carbocycles. The van der Waals surface area contributed by atoms with E-state index in [4.69, 9.17) is 9.84 Å². The quantitative estimate of drug-likeness (QED) is 0.882. The van der Waals surface area contributed by atoms with Crippen molar-refractivity contribution in [3.63, 3.8) is 0 Å². The summed E-state index contributed by atoms with van der Waals surface area (Å²) in [5.41, 5.74) is 1.96. The van der Waals surface area contributed by atoms with E-state index in [1.807, 2.05) is 0 Å². The number of carboxylic acid groups (broad SMARTS) is 1. The molecule has 0 unspecified atom stereocenters. The van der Waals surface area contributed by atoms with Crippen molar-refractivity contribution >= 4 is 21.7 Å². The van der Waals surface area contributed by atoms with E-state index in [0.29, 0.717) is 5.69 Å². The van der Waals surface area contributed by atoms with Crippen LogP contribution in [0.4, 0.5) is 5.69 Å². The minimum Gasteiger partial charge on any atom is -0.496 e. The molecule has 0 saturated heterocycles. The number of hydrogen-bond donors (Lipinski definition) is 2. The number of carboxylic acids is 1. The third kappa shape index (κ3) is 3.76. The Morgan fingerprint density at radius 2 is 1.82 bits per heavy atom. The molecule has 0 radical (unpaired) electrons. The number of aromatic carboxylic acids is 1. The van der Waals surface area contributed by atoms with Crippen LogP contribution in [0.2, 0.25) is 0 Å². The Morgan fingerprint density at radius 1 is 1.14 bits per heavy atom. The smallest absolute Gasteiger partial charge is 0.339 e. The molecule has 0 fully saturated rings. The van der Waals surface area contributed by atoms with Gasteiger partial charge >= 0.3 is 5.97 Å². The van der Waals surface area contributed by atoms with Crippen molar-refractivity contribution in [3.05, 3.63) is 48.0 Å². The maximum atomic E-state index is 11.3. The van der Waals surface area contributed by atoms with Crippen LogP contribution in [0.1, 0.15) is 10.4 Å². The Balaban J connectivity index is 2.44. The van der Waals surface area contributed by atoms with E-state index in [9.17, 15) is 13.2 Å². The molecule has 6 nitrogen and oxygen atoms in total. The Morgan fingerprint density at radius 3 is 2.41 bits per heavy atom. The van der Waals surface area contributed by atoms with Crippen LogP contribution in [0.5, 0.6) is 5.75 Å². The summed E-state index contributed by atoms with van der Waals surface area (Å²) in [6.45, 7) is 0. The van der Waals surface area contributed by atoms with Crippen molar-refractivity contribution < 1.29 is 23.1 Å². The van der Waals surface area contributed by atoms with E-state index in [0.717, 1.165) is 17.4 Å². The summed E-state index contributed by atoms with van der Waals surface area (Å²) in [5, 5.41) is 9.07. The molecular weight excluding hydrogens is 306 g/mol. The van der Waals surface area contributed by atoms with Gasteiger partial charge in [-0.05, 0) is 35.4 Å². The maximum Gasteiger partial charge on any atom is 0.339 e. The average Bonchev–Trinajstić information content (AvgIpc) is 2.45. The van der Waals surface area contributed by atoms with Crippen molar-refractivity contribution in [1.29, 1.82) is 0 Å². The van der Waals surface area contributed by atoms with E-state index in [-0.39, 0.29) is 11.3 Å². The number of ether oxygens (including phenoxy) is 1. The molecule has 2 rings (SSSR count). The third-order valence-electron chi connectivity index (χ3n) is 2.93. The van der Waals surface area contributed by atoms with Crippen LogP contribution < -0.4 is 9.46 Å². The first kappa shape index (κ1) is 15.8. The van der Waals surface area contributed by atoms with Crippen LogP contribution in [0.15, 0.2) is 42.5 Å². The first-order valence-electron chi connectivity index (χ1n) is 6.30. The molecule has 0 heterocycles. The molecule has 0 saturated carbocycles. The number of carbonyl (C=O) groups is 1. The highest BCUT2D eigenvalue weighted by Crippen LogP contribution is 2.29. The fourth-order valence-electron chi connectivity index (χ4n) is 2.02. The van der Waals surface area contributed by atoms with Crippen molar-refractivity contribution in [2.24, 2.45) is 0 Å². The number of nitrogens with one attached hydrogen (secondary N) is 1. The van der Waals surface area contributed by atoms with Gasteiger partial charge in [0.05, 0.1) is 13.4 Å². The first-order chi connectivity index (χ1) is 10.3. The molecule has 2 N–H and O–H groups in total. The summed E-state index contributed by atoms with van der Waals surface area (Å²) in [4.78, 5) is 11.1. The highest BCUT2D eigenvalue weighted by Gasteiger charge is 2.12. The normalized spacial score (nSPS) is 11.0. The molecule has 0 aliphatic rings. The molecule has 0 amide bonds. The second kappa shape index (κ2) is 6.07. The molecule has 0 aromatic heterocycles. The second-order valence-corrected chi connectivity index (χ2v) is 6.42. The number of benzene rings is 2. The van der Waals surface area contributed by atoms with Crippen LogP contribution in [0.3, 0.4) is 0 Å². The molecule has 7 heteroatoms. The predicted molar refractivity (Wildman–Crippen MR) is 83.9 cm³/mol. The average molecular weight is 321 g/mol. The summed E-state index contributed by atoms with van der Waals surface area (Å²) in [7, 11) is -1.96. The van der Waals surface area contributed by atoms with Gasteiger partial charge in [0, 0.05) is 5.69 Å². The van der Waals surface area contributed by atoms with E-state index >= 15 is 0 Å². The van der Waals surface area contributed by atoms with Gasteiger partial charge in [0.2, 0.25) is 10.0 Å². The van der Waals surface area contributed by atoms with Crippen molar-refractivity contribution in [2.45, 2.75) is 0 Å². The van der Waals surface area contributed by atoms with E-state index in [1.54, 1.807) is 36.4 Å². The topological polar surface area (TPSA) is 92.7 Å². The lowest BCUT2D eigenvalue weighted by Crippen LogP contribution is -2.09. The van der Waals surface area contributed by atoms with Crippen molar-refractivity contribution in [1.82, 2.24) is 0 Å². The molecule has 0 spiro atoms. The summed E-state index contributed by atoms with van der Waals surface area (Å²) in [6, 6.07) is 11.5. The van der Waals surface area contributed by atoms with Crippen molar-refractivity contribution in [2.75, 3.05) is 18.1 Å². The summed E-state index contributed by atoms with van der Waals surface area (Å²) >= 11 is 0. The molecule has 22 heavy (non-hydrogen) atoms. The van der Waals surface area contributed by atoms with Gasteiger partial charge in [-0.2, -0.15) is 0 Å². The number of hydrogen-bond acceptors (Lipinski definition) is 4. The Kier molecular flexibility index (Phi) is 4.37. The summed E-state index contributed by atoms with van der Waals surface area (Å²) in [6.07, 6.45) is 1.07. The number of methoxy groups -OCH3 is 1. The zero-order valence-corrected chi connectivity index (χ0v) is 12.8. The van der Waals surface area contributed by atoms with Crippen LogP contribution in [0, 0.1) is 0 Å². The van der Waals surface area contributed by atoms with E-state index < -0.39 is 16.0 Å². The van der Waals surface area contributed by atoms with Crippen LogP contribution in [-0.2, 0) is 10.0 Å². The fraction of sp³-hybridized carbons (Fsp3) is 0.133. The lowest BCUT2D eigenvalue weighted by atomic mass is 10.0. The zero-order valence-electron chi connectivity index (χ0n) is 12.0. The van der Waals surface area contributed by atoms with Gasteiger partial charge in [-0.3, -0.25) is 4.72 Å². The number of rotatable bonds is 5. The van der Waals surface area contributed by atoms with Crippen LogP contribution >= 0.6 is 0 Å². The highest BCUT2D eigenvalue weighted by molar-refractivity contribution is 7.92. The zero-order chi connectivity index (χ0) is 16.3. The first-order valence-corrected chi connectivity index (χ1v) is 8.19. The number of anilines is 1. The lowest BCUT2D eigenvalue weighted by molar-refractivity contribution is 0.0693. The predicted octanol–water partition coefficient (Wildman–Crippen LogP) is 2.43. The SMILES string of the molecule is COc1cc(-c2cccc(NS(C)(=O)=O)c2)ccc1C(=O)O. The fourth-order valence-corrected chi connectivity index (χ4v) is 2.58. The van der Waals surface area contributed by atoms with Gasteiger partial charge in [0.25, 0.3) is 0 Å². The number of sulfonamides is 1. The molecular formula is C15H15NO5S. The maximum absolute atomic E-state index is 11.3. The molecule has 0 bridgehead atoms. The van der Waals surface area contributed by atoms with Gasteiger partial charge in [0.15, 0.2) is 0 Å². The Hall–Kier alpha value is -2.54. The molecule has 2 aromatic carbocycles. The lowest BCUT2D eigenvalue weighted by Gasteiger charge is -2.10. The molecule has 116 valence electrons. The van der Waals surface area contributed by atoms with E-state index in [1.165, 1.54) is 13.2 Å². The monoisotopic (exact) mass is 321 g/mol. The highest BCUT2D eigenvalue weighted by atomic mass is 32.2. The van der Waals surface area contributed by atoms with E-state index in [2.05, 4.69) is 4.72 Å². The molecule has 0 aliphatic heterocycles. The third-order valence-corrected chi connectivity index (χ3v) is 3.54. The Bertz CT molecular complexity index is 814. The minimum absolute atomic E-state index is 0.0664. The Labute approximate surface area is 128 Å². The second-order valence-electron chi connectivity index (χ2n) is 4.68. The summed E-state index contributed by atoms with van der Waals surface area (Å²) < 4.78 is 30.0.